The van der Waals surface area contributed by atoms with E-state index in [-0.39, 0.29) is 5.91 Å². The molecule has 8 nitrogen and oxygen atoms in total. The summed E-state index contributed by atoms with van der Waals surface area (Å²) >= 11 is 0. The fourth-order valence-corrected chi connectivity index (χ4v) is 4.70. The third-order valence-electron chi connectivity index (χ3n) is 6.56. The number of carbonyl (C=O) groups is 1. The lowest BCUT2D eigenvalue weighted by atomic mass is 9.96. The molecule has 0 atom stereocenters. The quantitative estimate of drug-likeness (QED) is 0.396. The lowest BCUT2D eigenvalue weighted by Gasteiger charge is -2.24. The van der Waals surface area contributed by atoms with Crippen LogP contribution in [0.1, 0.15) is 44.2 Å². The van der Waals surface area contributed by atoms with Gasteiger partial charge in [-0.15, -0.1) is 0 Å². The van der Waals surface area contributed by atoms with Gasteiger partial charge in [-0.1, -0.05) is 35.5 Å². The lowest BCUT2D eigenvalue weighted by molar-refractivity contribution is 0.0570. The molecular weight excluding hydrogens is 468 g/mol. The number of ether oxygens (including phenoxy) is 2. The van der Waals surface area contributed by atoms with Crippen LogP contribution in [0.5, 0.6) is 5.75 Å². The van der Waals surface area contributed by atoms with Gasteiger partial charge < -0.3 is 18.9 Å². The van der Waals surface area contributed by atoms with Crippen LogP contribution in [0.15, 0.2) is 59.5 Å². The highest BCUT2D eigenvalue weighted by Crippen LogP contribution is 2.32. The average molecular weight is 499 g/mol. The van der Waals surface area contributed by atoms with Crippen LogP contribution >= 0.6 is 0 Å². The summed E-state index contributed by atoms with van der Waals surface area (Å²) in [6.07, 6.45) is 3.71. The van der Waals surface area contributed by atoms with Gasteiger partial charge in [-0.3, -0.25) is 4.79 Å². The van der Waals surface area contributed by atoms with Crippen molar-refractivity contribution < 1.29 is 18.8 Å². The summed E-state index contributed by atoms with van der Waals surface area (Å²) in [6, 6.07) is 14.5. The molecule has 0 spiro atoms. The predicted molar refractivity (Wildman–Crippen MR) is 138 cm³/mol. The number of amides is 1. The summed E-state index contributed by atoms with van der Waals surface area (Å²) in [5.41, 5.74) is 7.32. The second-order valence-electron chi connectivity index (χ2n) is 9.23. The first-order valence-electron chi connectivity index (χ1n) is 12.4. The van der Waals surface area contributed by atoms with Gasteiger partial charge in [0.25, 0.3) is 5.91 Å². The summed E-state index contributed by atoms with van der Waals surface area (Å²) in [5, 5.41) is 4.11. The summed E-state index contributed by atoms with van der Waals surface area (Å²) in [6.45, 7) is 7.85. The van der Waals surface area contributed by atoms with Crippen molar-refractivity contribution in [3.63, 3.8) is 0 Å². The average Bonchev–Trinajstić information content (AvgIpc) is 3.23. The van der Waals surface area contributed by atoms with Gasteiger partial charge in [0.1, 0.15) is 24.4 Å². The maximum atomic E-state index is 13.4. The Hall–Kier alpha value is -4.04. The van der Waals surface area contributed by atoms with Gasteiger partial charge in [-0.2, -0.15) is 0 Å². The van der Waals surface area contributed by atoms with E-state index in [9.17, 15) is 4.79 Å². The van der Waals surface area contributed by atoms with E-state index in [0.717, 1.165) is 45.0 Å². The van der Waals surface area contributed by atoms with Crippen LogP contribution in [-0.4, -0.2) is 52.3 Å². The molecule has 1 aliphatic heterocycles. The largest absolute Gasteiger partial charge is 0.491 e. The molecule has 0 N–H and O–H groups in total. The Morgan fingerprint density at radius 3 is 2.65 bits per heavy atom. The number of benzene rings is 2. The van der Waals surface area contributed by atoms with Crippen molar-refractivity contribution in [2.45, 2.75) is 33.7 Å². The topological polar surface area (TPSA) is 90.6 Å². The first-order valence-corrected chi connectivity index (χ1v) is 12.4. The van der Waals surface area contributed by atoms with E-state index in [1.807, 2.05) is 45.0 Å². The number of nitrogens with zero attached hydrogens (tertiary/aromatic N) is 4. The van der Waals surface area contributed by atoms with Crippen LogP contribution in [0.25, 0.3) is 11.1 Å². The number of aryl methyl sites for hydroxylation is 3. The molecule has 2 aromatic heterocycles. The minimum atomic E-state index is -0.107. The van der Waals surface area contributed by atoms with E-state index in [1.165, 1.54) is 6.33 Å². The molecule has 0 saturated heterocycles. The molecule has 37 heavy (non-hydrogen) atoms. The Morgan fingerprint density at radius 2 is 1.84 bits per heavy atom. The Morgan fingerprint density at radius 1 is 0.973 bits per heavy atom. The standard InChI is InChI=1S/C29H30N4O4/c1-19-26(16-30-18-31-19)29(34)33-9-10-35-11-12-36-27-8-7-24(28-20(2)32-37-21(28)3)15-25(27)14-22-5-4-6-23(13-22)17-33/h4-8,13,15-16,18H,9-12,14,17H2,1-3H3. The molecule has 3 heterocycles. The zero-order valence-corrected chi connectivity index (χ0v) is 21.4. The number of rotatable bonds is 2. The molecular formula is C29H30N4O4. The van der Waals surface area contributed by atoms with Crippen LogP contribution in [0, 0.1) is 20.8 Å². The maximum Gasteiger partial charge on any atom is 0.257 e. The monoisotopic (exact) mass is 498 g/mol. The van der Waals surface area contributed by atoms with Crippen molar-refractivity contribution in [2.75, 3.05) is 26.4 Å². The third kappa shape index (κ3) is 5.54. The zero-order valence-electron chi connectivity index (χ0n) is 21.4. The Kier molecular flexibility index (Phi) is 7.28. The molecule has 0 radical (unpaired) electrons. The molecule has 4 aromatic rings. The zero-order chi connectivity index (χ0) is 25.8. The van der Waals surface area contributed by atoms with Crippen molar-refractivity contribution in [1.29, 1.82) is 0 Å². The van der Waals surface area contributed by atoms with Crippen molar-refractivity contribution in [2.24, 2.45) is 0 Å². The minimum absolute atomic E-state index is 0.107. The van der Waals surface area contributed by atoms with Crippen molar-refractivity contribution in [3.8, 4) is 16.9 Å². The molecule has 2 bridgehead atoms. The van der Waals surface area contributed by atoms with E-state index < -0.39 is 0 Å². The first-order chi connectivity index (χ1) is 18.0. The van der Waals surface area contributed by atoms with Crippen molar-refractivity contribution >= 4 is 5.91 Å². The van der Waals surface area contributed by atoms with E-state index in [4.69, 9.17) is 14.0 Å². The Labute approximate surface area is 216 Å². The number of hydrogen-bond acceptors (Lipinski definition) is 7. The highest BCUT2D eigenvalue weighted by Gasteiger charge is 2.20. The van der Waals surface area contributed by atoms with Crippen LogP contribution in [0.2, 0.25) is 0 Å². The van der Waals surface area contributed by atoms with Crippen LogP contribution in [0.4, 0.5) is 0 Å². The summed E-state index contributed by atoms with van der Waals surface area (Å²) in [5.74, 6) is 1.52. The number of carbonyl (C=O) groups excluding carboxylic acids is 1. The number of aromatic nitrogens is 3. The van der Waals surface area contributed by atoms with Crippen LogP contribution in [0.3, 0.4) is 0 Å². The molecule has 0 unspecified atom stereocenters. The molecule has 0 saturated carbocycles. The number of hydrogen-bond donors (Lipinski definition) is 0. The fourth-order valence-electron chi connectivity index (χ4n) is 4.70. The van der Waals surface area contributed by atoms with E-state index >= 15 is 0 Å². The van der Waals surface area contributed by atoms with Crippen LogP contribution in [-0.2, 0) is 17.7 Å². The summed E-state index contributed by atoms with van der Waals surface area (Å²) in [4.78, 5) is 23.4. The predicted octanol–water partition coefficient (Wildman–Crippen LogP) is 4.70. The fraction of sp³-hybridized carbons (Fsp3) is 0.310. The molecule has 190 valence electrons. The van der Waals surface area contributed by atoms with Gasteiger partial charge in [0, 0.05) is 31.3 Å². The normalized spacial score (nSPS) is 14.4. The summed E-state index contributed by atoms with van der Waals surface area (Å²) < 4.78 is 17.4. The van der Waals surface area contributed by atoms with Crippen molar-refractivity contribution in [3.05, 3.63) is 94.4 Å². The molecule has 1 amide bonds. The minimum Gasteiger partial charge on any atom is -0.491 e. The molecule has 0 fully saturated rings. The van der Waals surface area contributed by atoms with Gasteiger partial charge in [-0.25, -0.2) is 9.97 Å². The van der Waals surface area contributed by atoms with E-state index in [2.05, 4.69) is 33.3 Å². The summed E-state index contributed by atoms with van der Waals surface area (Å²) in [7, 11) is 0. The molecule has 8 heteroatoms. The maximum absolute atomic E-state index is 13.4. The van der Waals surface area contributed by atoms with Gasteiger partial charge in [0.2, 0.25) is 0 Å². The first kappa shape index (κ1) is 24.6. The second-order valence-corrected chi connectivity index (χ2v) is 9.23. The molecule has 1 aliphatic rings. The van der Waals surface area contributed by atoms with Crippen LogP contribution < -0.4 is 4.74 Å². The lowest BCUT2D eigenvalue weighted by Crippen LogP contribution is -2.34. The van der Waals surface area contributed by atoms with Crippen molar-refractivity contribution in [1.82, 2.24) is 20.0 Å². The SMILES string of the molecule is Cc1ncncc1C(=O)N1CCOCCOc2ccc(-c3c(C)noc3C)cc2Cc2cccc(c2)C1. The van der Waals surface area contributed by atoms with E-state index in [0.29, 0.717) is 50.6 Å². The molecule has 0 aliphatic carbocycles. The van der Waals surface area contributed by atoms with Gasteiger partial charge in [0.15, 0.2) is 0 Å². The second kappa shape index (κ2) is 10.9. The Balaban J connectivity index is 1.47. The van der Waals surface area contributed by atoms with Gasteiger partial charge in [-0.05, 0) is 55.2 Å². The molecule has 2 aromatic carbocycles. The Bertz CT molecular complexity index is 1400. The van der Waals surface area contributed by atoms with E-state index in [1.54, 1.807) is 11.1 Å². The van der Waals surface area contributed by atoms with Gasteiger partial charge in [0.05, 0.1) is 30.2 Å². The highest BCUT2D eigenvalue weighted by molar-refractivity contribution is 5.94. The molecule has 5 rings (SSSR count). The van der Waals surface area contributed by atoms with Gasteiger partial charge >= 0.3 is 0 Å². The third-order valence-corrected chi connectivity index (χ3v) is 6.56. The number of fused-ring (bicyclic) bond motifs is 3. The smallest absolute Gasteiger partial charge is 0.257 e. The highest BCUT2D eigenvalue weighted by atomic mass is 16.5.